The molecule has 4 N–H and O–H groups in total. The minimum absolute atomic E-state index is 0.0582. The van der Waals surface area contributed by atoms with E-state index in [0.717, 1.165) is 36.6 Å². The van der Waals surface area contributed by atoms with Crippen molar-refractivity contribution in [3.63, 3.8) is 0 Å². The molecule has 1 aliphatic carbocycles. The van der Waals surface area contributed by atoms with E-state index in [4.69, 9.17) is 10.5 Å². The predicted molar refractivity (Wildman–Crippen MR) is 120 cm³/mol. The van der Waals surface area contributed by atoms with E-state index in [-0.39, 0.29) is 36.5 Å². The Morgan fingerprint density at radius 3 is 2.50 bits per heavy atom. The van der Waals surface area contributed by atoms with Gasteiger partial charge in [-0.1, -0.05) is 32.1 Å². The van der Waals surface area contributed by atoms with Gasteiger partial charge in [0.05, 0.1) is 0 Å². The molecule has 176 valence electrons. The number of carbonyl (C=O) groups excluding carboxylic acids is 2. The van der Waals surface area contributed by atoms with Gasteiger partial charge < -0.3 is 21.1 Å². The molecule has 1 unspecified atom stereocenters. The number of amides is 2. The second kappa shape index (κ2) is 13.0. The number of hydrogen-bond donors (Lipinski definition) is 3. The molecule has 2 rings (SSSR count). The first-order valence-electron chi connectivity index (χ1n) is 11.0. The Kier molecular flexibility index (Phi) is 10.3. The number of carbonyl (C=O) groups is 2. The quantitative estimate of drug-likeness (QED) is 0.456. The van der Waals surface area contributed by atoms with Crippen molar-refractivity contribution in [2.75, 3.05) is 13.2 Å². The van der Waals surface area contributed by atoms with E-state index in [9.17, 15) is 18.4 Å². The molecule has 0 saturated heterocycles. The van der Waals surface area contributed by atoms with Crippen LogP contribution in [0.1, 0.15) is 46.0 Å². The van der Waals surface area contributed by atoms with Crippen LogP contribution >= 0.6 is 0 Å². The molecule has 0 aliphatic heterocycles. The van der Waals surface area contributed by atoms with Gasteiger partial charge in [-0.2, -0.15) is 0 Å². The SMILES string of the molecule is CC(C)C(NC(=O)CCC[C@@H](N)COc1cc(F)cc(F)c1)C(=O)NCC1=CCCC=C1. The highest BCUT2D eigenvalue weighted by atomic mass is 19.1. The van der Waals surface area contributed by atoms with E-state index >= 15 is 0 Å². The maximum atomic E-state index is 13.2. The minimum Gasteiger partial charge on any atom is -0.492 e. The molecule has 2 amide bonds. The number of nitrogens with two attached hydrogens (primary N) is 1. The highest BCUT2D eigenvalue weighted by Crippen LogP contribution is 2.16. The lowest BCUT2D eigenvalue weighted by Gasteiger charge is -2.22. The normalized spacial score (nSPS) is 15.1. The van der Waals surface area contributed by atoms with Gasteiger partial charge in [0, 0.05) is 37.2 Å². The van der Waals surface area contributed by atoms with Crippen LogP contribution < -0.4 is 21.1 Å². The molecule has 2 atom stereocenters. The van der Waals surface area contributed by atoms with E-state index in [1.54, 1.807) is 0 Å². The van der Waals surface area contributed by atoms with Crippen molar-refractivity contribution in [1.82, 2.24) is 10.6 Å². The zero-order valence-corrected chi connectivity index (χ0v) is 18.7. The number of benzene rings is 1. The summed E-state index contributed by atoms with van der Waals surface area (Å²) >= 11 is 0. The lowest BCUT2D eigenvalue weighted by atomic mass is 10.0. The first-order chi connectivity index (χ1) is 15.2. The van der Waals surface area contributed by atoms with Gasteiger partial charge in [-0.25, -0.2) is 8.78 Å². The molecule has 0 spiro atoms. The van der Waals surface area contributed by atoms with E-state index in [1.807, 2.05) is 19.9 Å². The van der Waals surface area contributed by atoms with Crippen molar-refractivity contribution in [3.8, 4) is 5.75 Å². The summed E-state index contributed by atoms with van der Waals surface area (Å²) in [6.45, 7) is 4.28. The molecule has 0 fully saturated rings. The van der Waals surface area contributed by atoms with Crippen LogP contribution in [0.2, 0.25) is 0 Å². The van der Waals surface area contributed by atoms with Crippen molar-refractivity contribution >= 4 is 11.8 Å². The highest BCUT2D eigenvalue weighted by Gasteiger charge is 2.24. The summed E-state index contributed by atoms with van der Waals surface area (Å²) in [5.74, 6) is -1.86. The Hall–Kier alpha value is -2.74. The molecule has 1 aromatic carbocycles. The molecule has 0 aromatic heterocycles. The summed E-state index contributed by atoms with van der Waals surface area (Å²) in [6.07, 6.45) is 9.37. The molecule has 0 heterocycles. The van der Waals surface area contributed by atoms with E-state index in [2.05, 4.69) is 22.8 Å². The molecule has 0 saturated carbocycles. The Labute approximate surface area is 188 Å². The third kappa shape index (κ3) is 9.18. The largest absolute Gasteiger partial charge is 0.492 e. The fourth-order valence-corrected chi connectivity index (χ4v) is 3.30. The van der Waals surface area contributed by atoms with Gasteiger partial charge in [-0.3, -0.25) is 9.59 Å². The van der Waals surface area contributed by atoms with Crippen molar-refractivity contribution < 1.29 is 23.1 Å². The zero-order valence-electron chi connectivity index (χ0n) is 18.7. The van der Waals surface area contributed by atoms with Crippen LogP contribution in [-0.2, 0) is 9.59 Å². The maximum Gasteiger partial charge on any atom is 0.243 e. The van der Waals surface area contributed by atoms with Crippen LogP contribution in [0.5, 0.6) is 5.75 Å². The first-order valence-corrected chi connectivity index (χ1v) is 11.0. The lowest BCUT2D eigenvalue weighted by molar-refractivity contribution is -0.130. The third-order valence-electron chi connectivity index (χ3n) is 5.08. The lowest BCUT2D eigenvalue weighted by Crippen LogP contribution is -2.50. The van der Waals surface area contributed by atoms with Crippen LogP contribution in [-0.4, -0.2) is 37.0 Å². The topological polar surface area (TPSA) is 93.5 Å². The van der Waals surface area contributed by atoms with E-state index in [0.29, 0.717) is 19.4 Å². The predicted octanol–water partition coefficient (Wildman–Crippen LogP) is 3.37. The second-order valence-corrected chi connectivity index (χ2v) is 8.33. The molecular weight excluding hydrogens is 416 g/mol. The molecule has 1 aliphatic rings. The third-order valence-corrected chi connectivity index (χ3v) is 5.08. The maximum absolute atomic E-state index is 13.2. The molecule has 1 aromatic rings. The van der Waals surface area contributed by atoms with Crippen LogP contribution in [0.4, 0.5) is 8.78 Å². The second-order valence-electron chi connectivity index (χ2n) is 8.33. The van der Waals surface area contributed by atoms with Gasteiger partial charge in [0.2, 0.25) is 11.8 Å². The van der Waals surface area contributed by atoms with Crippen molar-refractivity contribution in [3.05, 3.63) is 53.6 Å². The number of rotatable bonds is 12. The number of ether oxygens (including phenoxy) is 1. The highest BCUT2D eigenvalue weighted by molar-refractivity contribution is 5.88. The molecule has 0 bridgehead atoms. The monoisotopic (exact) mass is 449 g/mol. The van der Waals surface area contributed by atoms with Crippen LogP contribution in [0.15, 0.2) is 42.0 Å². The first kappa shape index (κ1) is 25.5. The van der Waals surface area contributed by atoms with Crippen LogP contribution in [0, 0.1) is 17.6 Å². The van der Waals surface area contributed by atoms with Gasteiger partial charge >= 0.3 is 0 Å². The number of hydrogen-bond acceptors (Lipinski definition) is 4. The van der Waals surface area contributed by atoms with Gasteiger partial charge in [0.25, 0.3) is 0 Å². The van der Waals surface area contributed by atoms with Crippen molar-refractivity contribution in [1.29, 1.82) is 0 Å². The summed E-state index contributed by atoms with van der Waals surface area (Å²) in [6, 6.07) is 1.93. The zero-order chi connectivity index (χ0) is 23.5. The Balaban J connectivity index is 1.70. The van der Waals surface area contributed by atoms with Crippen molar-refractivity contribution in [2.45, 2.75) is 58.0 Å². The minimum atomic E-state index is -0.721. The number of nitrogens with one attached hydrogen (secondary N) is 2. The number of allylic oxidation sites excluding steroid dienone is 2. The summed E-state index contributed by atoms with van der Waals surface area (Å²) in [5.41, 5.74) is 7.04. The summed E-state index contributed by atoms with van der Waals surface area (Å²) in [4.78, 5) is 24.9. The van der Waals surface area contributed by atoms with E-state index < -0.39 is 23.7 Å². The van der Waals surface area contributed by atoms with Crippen LogP contribution in [0.25, 0.3) is 0 Å². The van der Waals surface area contributed by atoms with Crippen LogP contribution in [0.3, 0.4) is 0 Å². The molecular formula is C24H33F2N3O3. The Morgan fingerprint density at radius 2 is 1.88 bits per heavy atom. The summed E-state index contributed by atoms with van der Waals surface area (Å²) < 4.78 is 31.7. The average Bonchev–Trinajstić information content (AvgIpc) is 2.74. The molecule has 0 radical (unpaired) electrons. The fraction of sp³-hybridized carbons (Fsp3) is 0.500. The smallest absolute Gasteiger partial charge is 0.243 e. The average molecular weight is 450 g/mol. The van der Waals surface area contributed by atoms with Gasteiger partial charge in [-0.05, 0) is 37.2 Å². The molecule has 6 nitrogen and oxygen atoms in total. The van der Waals surface area contributed by atoms with Crippen molar-refractivity contribution in [2.24, 2.45) is 11.7 Å². The van der Waals surface area contributed by atoms with Gasteiger partial charge in [0.15, 0.2) is 0 Å². The standard InChI is InChI=1S/C24H33F2N3O3/c1-16(2)23(24(31)28-14-17-7-4-3-5-8-17)29-22(30)10-6-9-20(27)15-32-21-12-18(25)11-19(26)13-21/h4,7-8,11-13,16,20,23H,3,5-6,9-10,14-15,27H2,1-2H3,(H,28,31)(H,29,30)/t20-,23?/m1/s1. The van der Waals surface area contributed by atoms with Gasteiger partial charge in [0.1, 0.15) is 30.0 Å². The molecule has 32 heavy (non-hydrogen) atoms. The Bertz CT molecular complexity index is 820. The number of halogens is 2. The molecule has 8 heteroatoms. The fourth-order valence-electron chi connectivity index (χ4n) is 3.30. The summed E-state index contributed by atoms with van der Waals surface area (Å²) in [7, 11) is 0. The Morgan fingerprint density at radius 1 is 1.16 bits per heavy atom. The van der Waals surface area contributed by atoms with Gasteiger partial charge in [-0.15, -0.1) is 0 Å². The van der Waals surface area contributed by atoms with E-state index in [1.165, 1.54) is 0 Å². The summed E-state index contributed by atoms with van der Waals surface area (Å²) in [5, 5.41) is 5.69.